The number of imide groups is 1. The zero-order chi connectivity index (χ0) is 21.7. The summed E-state index contributed by atoms with van der Waals surface area (Å²) in [4.78, 5) is 26.8. The lowest BCUT2D eigenvalue weighted by molar-refractivity contribution is -0.140. The number of hydrogen-bond acceptors (Lipinski definition) is 4. The van der Waals surface area contributed by atoms with Crippen molar-refractivity contribution in [1.82, 2.24) is 4.90 Å². The van der Waals surface area contributed by atoms with Crippen LogP contribution >= 0.6 is 11.6 Å². The van der Waals surface area contributed by atoms with E-state index < -0.39 is 11.8 Å². The molecule has 0 saturated carbocycles. The van der Waals surface area contributed by atoms with Crippen molar-refractivity contribution in [3.05, 3.63) is 63.9 Å². The van der Waals surface area contributed by atoms with Crippen molar-refractivity contribution >= 4 is 29.5 Å². The lowest BCUT2D eigenvalue weighted by Gasteiger charge is -2.27. The van der Waals surface area contributed by atoms with Gasteiger partial charge in [-0.05, 0) is 61.4 Å². The first-order valence-electron chi connectivity index (χ1n) is 10.0. The monoisotopic (exact) mass is 422 g/mol. The predicted molar refractivity (Wildman–Crippen MR) is 116 cm³/mol. The number of carbonyl (C=O) groups is 2. The second kappa shape index (κ2) is 9.60. The van der Waals surface area contributed by atoms with Gasteiger partial charge >= 0.3 is 0 Å². The lowest BCUT2D eigenvalue weighted by atomic mass is 9.94. The zero-order valence-electron chi connectivity index (χ0n) is 17.1. The molecule has 0 bridgehead atoms. The largest absolute Gasteiger partial charge is 0.457 e. The Balaban J connectivity index is 1.91. The molecule has 3 rings (SSSR count). The number of rotatable bonds is 7. The van der Waals surface area contributed by atoms with Gasteiger partial charge in [0.15, 0.2) is 0 Å². The first-order chi connectivity index (χ1) is 14.5. The molecule has 2 amide bonds. The number of halogens is 1. The highest BCUT2D eigenvalue weighted by Gasteiger charge is 2.35. The average molecular weight is 423 g/mol. The van der Waals surface area contributed by atoms with Crippen molar-refractivity contribution in [2.24, 2.45) is 0 Å². The van der Waals surface area contributed by atoms with E-state index in [1.807, 2.05) is 18.2 Å². The van der Waals surface area contributed by atoms with Crippen molar-refractivity contribution in [2.75, 3.05) is 6.54 Å². The second-order valence-corrected chi connectivity index (χ2v) is 7.64. The summed E-state index contributed by atoms with van der Waals surface area (Å²) < 4.78 is 5.87. The molecule has 0 fully saturated rings. The summed E-state index contributed by atoms with van der Waals surface area (Å²) in [6.45, 7) is 4.03. The van der Waals surface area contributed by atoms with Crippen molar-refractivity contribution in [2.45, 2.75) is 39.5 Å². The topological polar surface area (TPSA) is 74.3 Å². The van der Waals surface area contributed by atoms with Crippen LogP contribution in [0.3, 0.4) is 0 Å². The molecule has 6 heteroatoms. The lowest BCUT2D eigenvalue weighted by Crippen LogP contribution is -2.43. The predicted octanol–water partition coefficient (Wildman–Crippen LogP) is 5.77. The van der Waals surface area contributed by atoms with E-state index in [-0.39, 0.29) is 5.57 Å². The average Bonchev–Trinajstić information content (AvgIpc) is 3.20. The summed E-state index contributed by atoms with van der Waals surface area (Å²) in [5, 5.41) is 10.1. The van der Waals surface area contributed by atoms with Gasteiger partial charge in [-0.25, -0.2) is 0 Å². The van der Waals surface area contributed by atoms with Crippen LogP contribution in [0.2, 0.25) is 5.02 Å². The number of nitriles is 1. The molecule has 154 valence electrons. The number of unbranched alkanes of at least 4 members (excludes halogenated alkanes) is 3. The first kappa shape index (κ1) is 21.6. The van der Waals surface area contributed by atoms with Crippen LogP contribution in [0.15, 0.2) is 57.5 Å². The van der Waals surface area contributed by atoms with E-state index >= 15 is 0 Å². The molecule has 0 spiro atoms. The molecule has 1 aromatic heterocycles. The number of hydrogen-bond donors (Lipinski definition) is 0. The molecule has 0 saturated heterocycles. The minimum atomic E-state index is -0.519. The highest BCUT2D eigenvalue weighted by molar-refractivity contribution is 6.30. The summed E-state index contributed by atoms with van der Waals surface area (Å²) in [6, 6.07) is 12.8. The minimum Gasteiger partial charge on any atom is -0.457 e. The van der Waals surface area contributed by atoms with Gasteiger partial charge in [-0.2, -0.15) is 5.26 Å². The normalized spacial score (nSPS) is 15.8. The van der Waals surface area contributed by atoms with Crippen LogP contribution in [0.1, 0.15) is 45.3 Å². The van der Waals surface area contributed by atoms with Crippen molar-refractivity contribution < 1.29 is 14.0 Å². The second-order valence-electron chi connectivity index (χ2n) is 7.20. The van der Waals surface area contributed by atoms with Crippen LogP contribution in [0.4, 0.5) is 0 Å². The number of furan rings is 1. The standard InChI is InChI=1S/C24H23ClN2O3/c1-3-4-5-6-13-27-23(28)20(16(2)21(15-26)24(27)29)14-19-11-12-22(30-19)17-7-9-18(25)10-8-17/h7-12,14H,3-6,13H2,1-2H3/b20-14+. The van der Waals surface area contributed by atoms with Gasteiger partial charge in [0.05, 0.1) is 0 Å². The smallest absolute Gasteiger partial charge is 0.271 e. The van der Waals surface area contributed by atoms with Gasteiger partial charge in [0.1, 0.15) is 23.2 Å². The van der Waals surface area contributed by atoms with E-state index in [2.05, 4.69) is 6.92 Å². The Hall–Kier alpha value is -3.10. The number of benzene rings is 1. The van der Waals surface area contributed by atoms with Crippen LogP contribution in [0, 0.1) is 11.3 Å². The highest BCUT2D eigenvalue weighted by atomic mass is 35.5. The number of amides is 2. The summed E-state index contributed by atoms with van der Waals surface area (Å²) in [6.07, 6.45) is 5.35. The van der Waals surface area contributed by atoms with Crippen LogP contribution in [-0.4, -0.2) is 23.3 Å². The minimum absolute atomic E-state index is 0.000761. The molecule has 30 heavy (non-hydrogen) atoms. The third-order valence-corrected chi connectivity index (χ3v) is 5.35. The Morgan fingerprint density at radius 2 is 1.80 bits per heavy atom. The molecule has 0 aliphatic carbocycles. The fraction of sp³-hybridized carbons (Fsp3) is 0.292. The van der Waals surface area contributed by atoms with Crippen LogP contribution in [0.25, 0.3) is 17.4 Å². The molecule has 0 unspecified atom stereocenters. The molecule has 2 aromatic rings. The van der Waals surface area contributed by atoms with E-state index in [0.717, 1.165) is 31.2 Å². The van der Waals surface area contributed by atoms with E-state index in [1.165, 1.54) is 4.90 Å². The van der Waals surface area contributed by atoms with Crippen LogP contribution < -0.4 is 0 Å². The Bertz CT molecular complexity index is 1050. The maximum atomic E-state index is 13.0. The molecule has 0 radical (unpaired) electrons. The van der Waals surface area contributed by atoms with Gasteiger partial charge < -0.3 is 4.42 Å². The first-order valence-corrected chi connectivity index (χ1v) is 10.4. The van der Waals surface area contributed by atoms with E-state index in [1.54, 1.807) is 37.3 Å². The van der Waals surface area contributed by atoms with Gasteiger partial charge in [-0.1, -0.05) is 37.8 Å². The SMILES string of the molecule is CCCCCCN1C(=O)C(C#N)=C(C)/C(=C\c2ccc(-c3ccc(Cl)cc3)o2)C1=O. The third kappa shape index (κ3) is 4.55. The molecule has 0 atom stereocenters. The quantitative estimate of drug-likeness (QED) is 0.322. The fourth-order valence-corrected chi connectivity index (χ4v) is 3.50. The van der Waals surface area contributed by atoms with Gasteiger partial charge in [0.2, 0.25) is 0 Å². The molecule has 5 nitrogen and oxygen atoms in total. The number of carbonyl (C=O) groups excluding carboxylic acids is 2. The van der Waals surface area contributed by atoms with Gasteiger partial charge in [0.25, 0.3) is 11.8 Å². The summed E-state index contributed by atoms with van der Waals surface area (Å²) in [5.41, 5.74) is 1.54. The maximum Gasteiger partial charge on any atom is 0.271 e. The summed E-state index contributed by atoms with van der Waals surface area (Å²) in [5.74, 6) is 0.198. The van der Waals surface area contributed by atoms with Gasteiger partial charge in [0, 0.05) is 22.7 Å². The molecular formula is C24H23ClN2O3. The molecule has 1 aliphatic heterocycles. The van der Waals surface area contributed by atoms with E-state index in [0.29, 0.717) is 34.2 Å². The van der Waals surface area contributed by atoms with E-state index in [4.69, 9.17) is 16.0 Å². The van der Waals surface area contributed by atoms with Crippen molar-refractivity contribution in [3.63, 3.8) is 0 Å². The van der Waals surface area contributed by atoms with Crippen molar-refractivity contribution in [3.8, 4) is 17.4 Å². The Morgan fingerprint density at radius 3 is 2.47 bits per heavy atom. The fourth-order valence-electron chi connectivity index (χ4n) is 3.37. The Labute approximate surface area is 181 Å². The molecule has 1 aromatic carbocycles. The molecule has 0 N–H and O–H groups in total. The van der Waals surface area contributed by atoms with Crippen LogP contribution in [-0.2, 0) is 9.59 Å². The summed E-state index contributed by atoms with van der Waals surface area (Å²) >= 11 is 5.93. The number of nitrogens with zero attached hydrogens (tertiary/aromatic N) is 2. The van der Waals surface area contributed by atoms with Crippen molar-refractivity contribution in [1.29, 1.82) is 5.26 Å². The molecule has 1 aliphatic rings. The molecule has 2 heterocycles. The highest BCUT2D eigenvalue weighted by Crippen LogP contribution is 2.30. The third-order valence-electron chi connectivity index (χ3n) is 5.10. The van der Waals surface area contributed by atoms with Gasteiger partial charge in [-0.3, -0.25) is 14.5 Å². The van der Waals surface area contributed by atoms with Gasteiger partial charge in [-0.15, -0.1) is 0 Å². The van der Waals surface area contributed by atoms with E-state index in [9.17, 15) is 14.9 Å². The zero-order valence-corrected chi connectivity index (χ0v) is 17.8. The summed E-state index contributed by atoms with van der Waals surface area (Å²) in [7, 11) is 0. The Kier molecular flexibility index (Phi) is 6.91. The molecular weight excluding hydrogens is 400 g/mol. The Morgan fingerprint density at radius 1 is 1.07 bits per heavy atom. The maximum absolute atomic E-state index is 13.0. The van der Waals surface area contributed by atoms with Crippen LogP contribution in [0.5, 0.6) is 0 Å².